The highest BCUT2D eigenvalue weighted by atomic mass is 16.5. The van der Waals surface area contributed by atoms with Crippen molar-refractivity contribution in [2.24, 2.45) is 5.73 Å². The molecule has 0 radical (unpaired) electrons. The molecule has 1 atom stereocenters. The third kappa shape index (κ3) is 5.27. The van der Waals surface area contributed by atoms with Crippen LogP contribution in [-0.2, 0) is 11.2 Å². The summed E-state index contributed by atoms with van der Waals surface area (Å²) in [4.78, 5) is 0. The fourth-order valence-corrected chi connectivity index (χ4v) is 2.60. The molecule has 3 nitrogen and oxygen atoms in total. The number of benzene rings is 1. The number of nitrogens with one attached hydrogen (secondary N) is 1. The number of aryl methyl sites for hydroxylation is 1. The molecule has 1 aromatic carbocycles. The Morgan fingerprint density at radius 1 is 1.33 bits per heavy atom. The van der Waals surface area contributed by atoms with E-state index < -0.39 is 5.66 Å². The fraction of sp³-hybridized carbons (Fsp3) is 0.429. The van der Waals surface area contributed by atoms with Gasteiger partial charge in [0.2, 0.25) is 0 Å². The van der Waals surface area contributed by atoms with Gasteiger partial charge in [-0.15, -0.1) is 0 Å². The Labute approximate surface area is 146 Å². The van der Waals surface area contributed by atoms with Crippen LogP contribution in [0.25, 0.3) is 5.76 Å². The minimum atomic E-state index is -0.645. The molecule has 130 valence electrons. The zero-order chi connectivity index (χ0) is 17.4. The minimum Gasteiger partial charge on any atom is -0.489 e. The zero-order valence-corrected chi connectivity index (χ0v) is 15.1. The van der Waals surface area contributed by atoms with Gasteiger partial charge < -0.3 is 15.8 Å². The molecule has 0 saturated carbocycles. The number of nitrogens with two attached hydrogens (primary N) is 1. The lowest BCUT2D eigenvalue weighted by Crippen LogP contribution is -2.51. The van der Waals surface area contributed by atoms with Crippen molar-refractivity contribution in [3.63, 3.8) is 0 Å². The second-order valence-electron chi connectivity index (χ2n) is 6.55. The van der Waals surface area contributed by atoms with Crippen molar-refractivity contribution < 1.29 is 4.74 Å². The molecule has 0 fully saturated rings. The summed E-state index contributed by atoms with van der Waals surface area (Å²) in [7, 11) is 0. The van der Waals surface area contributed by atoms with Crippen molar-refractivity contribution in [3.05, 3.63) is 65.4 Å². The van der Waals surface area contributed by atoms with Gasteiger partial charge in [-0.1, -0.05) is 55.3 Å². The van der Waals surface area contributed by atoms with E-state index in [1.165, 1.54) is 24.0 Å². The monoisotopic (exact) mass is 326 g/mol. The lowest BCUT2D eigenvalue weighted by atomic mass is 10.0. The third-order valence-corrected chi connectivity index (χ3v) is 4.18. The standard InChI is InChI=1S/C21H30N2O/c1-4-6-8-17(3)15-23-21(22)14-20(24-16-21)19-12-10-18(11-13-19)9-7-5-2/h4,6,10-15,23H,5,7-9,16,22H2,1-3H3/b6-4-,17-15+. The first kappa shape index (κ1) is 18.3. The second kappa shape index (κ2) is 8.74. The number of ether oxygens (including phenoxy) is 1. The summed E-state index contributed by atoms with van der Waals surface area (Å²) in [6, 6.07) is 8.60. The SMILES string of the molecule is C/C=C\C/C(C)=C/NC1(N)C=C(c2ccc(CCCC)cc2)OC1. The van der Waals surface area contributed by atoms with E-state index in [1.807, 2.05) is 19.2 Å². The molecular weight excluding hydrogens is 296 g/mol. The highest BCUT2D eigenvalue weighted by Gasteiger charge is 2.30. The Bertz CT molecular complexity index is 613. The maximum Gasteiger partial charge on any atom is 0.143 e. The quantitative estimate of drug-likeness (QED) is 0.545. The number of unbranched alkanes of at least 4 members (excludes halogenated alkanes) is 1. The number of rotatable bonds is 8. The van der Waals surface area contributed by atoms with E-state index in [0.717, 1.165) is 24.2 Å². The van der Waals surface area contributed by atoms with Gasteiger partial charge in [-0.05, 0) is 44.9 Å². The topological polar surface area (TPSA) is 47.3 Å². The predicted molar refractivity (Wildman–Crippen MR) is 102 cm³/mol. The minimum absolute atomic E-state index is 0.438. The highest BCUT2D eigenvalue weighted by molar-refractivity contribution is 5.63. The molecule has 3 heteroatoms. The van der Waals surface area contributed by atoms with Crippen molar-refractivity contribution >= 4 is 5.76 Å². The Kier molecular flexibility index (Phi) is 6.68. The van der Waals surface area contributed by atoms with E-state index in [4.69, 9.17) is 10.5 Å². The lowest BCUT2D eigenvalue weighted by Gasteiger charge is -2.20. The van der Waals surface area contributed by atoms with Gasteiger partial charge in [-0.3, -0.25) is 0 Å². The van der Waals surface area contributed by atoms with Crippen LogP contribution < -0.4 is 11.1 Å². The average molecular weight is 326 g/mol. The fourth-order valence-electron chi connectivity index (χ4n) is 2.60. The van der Waals surface area contributed by atoms with Gasteiger partial charge >= 0.3 is 0 Å². The molecule has 0 aromatic heterocycles. The summed E-state index contributed by atoms with van der Waals surface area (Å²) in [5.74, 6) is 0.853. The highest BCUT2D eigenvalue weighted by Crippen LogP contribution is 2.26. The van der Waals surface area contributed by atoms with Gasteiger partial charge in [-0.25, -0.2) is 0 Å². The molecule has 0 spiro atoms. The summed E-state index contributed by atoms with van der Waals surface area (Å²) >= 11 is 0. The second-order valence-corrected chi connectivity index (χ2v) is 6.55. The molecule has 1 unspecified atom stereocenters. The Balaban J connectivity index is 2.01. The van der Waals surface area contributed by atoms with Crippen molar-refractivity contribution in [2.75, 3.05) is 6.61 Å². The average Bonchev–Trinajstić information content (AvgIpc) is 2.99. The van der Waals surface area contributed by atoms with E-state index in [0.29, 0.717) is 6.61 Å². The van der Waals surface area contributed by atoms with E-state index in [2.05, 4.69) is 55.6 Å². The molecule has 3 N–H and O–H groups in total. The Morgan fingerprint density at radius 3 is 2.75 bits per heavy atom. The van der Waals surface area contributed by atoms with E-state index in [9.17, 15) is 0 Å². The first-order valence-electron chi connectivity index (χ1n) is 8.84. The van der Waals surface area contributed by atoms with Gasteiger partial charge in [0.05, 0.1) is 0 Å². The maximum absolute atomic E-state index is 6.38. The molecule has 2 rings (SSSR count). The van der Waals surface area contributed by atoms with Crippen molar-refractivity contribution in [2.45, 2.75) is 52.1 Å². The molecule has 24 heavy (non-hydrogen) atoms. The van der Waals surface area contributed by atoms with Crippen molar-refractivity contribution in [3.8, 4) is 0 Å². The van der Waals surface area contributed by atoms with Crippen LogP contribution in [0.5, 0.6) is 0 Å². The molecule has 1 aromatic rings. The summed E-state index contributed by atoms with van der Waals surface area (Å²) < 4.78 is 5.82. The smallest absolute Gasteiger partial charge is 0.143 e. The van der Waals surface area contributed by atoms with Crippen LogP contribution in [0.2, 0.25) is 0 Å². The Morgan fingerprint density at radius 2 is 2.08 bits per heavy atom. The van der Waals surface area contributed by atoms with E-state index in [-0.39, 0.29) is 0 Å². The van der Waals surface area contributed by atoms with Gasteiger partial charge in [0.15, 0.2) is 0 Å². The van der Waals surface area contributed by atoms with Gasteiger partial charge in [0.1, 0.15) is 18.0 Å². The van der Waals surface area contributed by atoms with Crippen molar-refractivity contribution in [1.82, 2.24) is 5.32 Å². The molecule has 0 saturated heterocycles. The third-order valence-electron chi connectivity index (χ3n) is 4.18. The van der Waals surface area contributed by atoms with Crippen LogP contribution in [0.3, 0.4) is 0 Å². The number of hydrogen-bond acceptors (Lipinski definition) is 3. The first-order valence-corrected chi connectivity index (χ1v) is 8.84. The van der Waals surface area contributed by atoms with Crippen LogP contribution >= 0.6 is 0 Å². The molecule has 1 aliphatic rings. The summed E-state index contributed by atoms with van der Waals surface area (Å²) in [6.07, 6.45) is 12.7. The van der Waals surface area contributed by atoms with Gasteiger partial charge in [-0.2, -0.15) is 0 Å². The molecule has 0 aliphatic carbocycles. The molecule has 1 heterocycles. The lowest BCUT2D eigenvalue weighted by molar-refractivity contribution is 0.237. The summed E-state index contributed by atoms with van der Waals surface area (Å²) in [5.41, 5.74) is 9.43. The van der Waals surface area contributed by atoms with Crippen LogP contribution in [0.1, 0.15) is 51.2 Å². The first-order chi connectivity index (χ1) is 11.6. The maximum atomic E-state index is 6.38. The van der Waals surface area contributed by atoms with E-state index >= 15 is 0 Å². The number of hydrogen-bond donors (Lipinski definition) is 2. The predicted octanol–water partition coefficient (Wildman–Crippen LogP) is 4.51. The van der Waals surface area contributed by atoms with Gasteiger partial charge in [0, 0.05) is 11.6 Å². The van der Waals surface area contributed by atoms with Crippen LogP contribution in [-0.4, -0.2) is 12.3 Å². The largest absolute Gasteiger partial charge is 0.489 e. The van der Waals surface area contributed by atoms with Crippen LogP contribution in [0, 0.1) is 0 Å². The molecular formula is C21H30N2O. The van der Waals surface area contributed by atoms with Crippen molar-refractivity contribution in [1.29, 1.82) is 0 Å². The Hall–Kier alpha value is -2.00. The normalized spacial score (nSPS) is 21.0. The molecule has 1 aliphatic heterocycles. The van der Waals surface area contributed by atoms with E-state index in [1.54, 1.807) is 0 Å². The number of allylic oxidation sites excluding steroid dienone is 3. The van der Waals surface area contributed by atoms with Crippen LogP contribution in [0.4, 0.5) is 0 Å². The van der Waals surface area contributed by atoms with Crippen LogP contribution in [0.15, 0.2) is 54.3 Å². The summed E-state index contributed by atoms with van der Waals surface area (Å²) in [6.45, 7) is 6.77. The molecule has 0 amide bonds. The molecule has 0 bridgehead atoms. The van der Waals surface area contributed by atoms with Gasteiger partial charge in [0.25, 0.3) is 0 Å². The summed E-state index contributed by atoms with van der Waals surface area (Å²) in [5, 5.41) is 3.29. The zero-order valence-electron chi connectivity index (χ0n) is 15.1.